The first kappa shape index (κ1) is 14.8. The van der Waals surface area contributed by atoms with Crippen molar-refractivity contribution in [2.24, 2.45) is 0 Å². The molecule has 4 N–H and O–H groups in total. The Morgan fingerprint density at radius 3 is 2.48 bits per heavy atom. The maximum atomic E-state index is 12.3. The zero-order valence-corrected chi connectivity index (χ0v) is 12.1. The van der Waals surface area contributed by atoms with Gasteiger partial charge < -0.3 is 29.9 Å². The summed E-state index contributed by atoms with van der Waals surface area (Å²) in [4.78, 5) is 12.3. The zero-order valence-electron chi connectivity index (χ0n) is 12.1. The molecular formula is C16H14O7. The number of methoxy groups -OCH3 is 1. The Balaban J connectivity index is 2.04. The Labute approximate surface area is 131 Å². The van der Waals surface area contributed by atoms with Crippen LogP contribution in [0.3, 0.4) is 0 Å². The molecule has 0 aliphatic carbocycles. The third kappa shape index (κ3) is 2.36. The molecule has 0 aromatic heterocycles. The standard InChI is InChI=1S/C16H14O7/c1-22-16-11(20)6-13-14(15(16)21)10(19)5-12(23-13)7-2-3-8(17)9(18)4-7/h2-4,6,12,17-18,20-21H,5H2,1H3/t12-/m0/s1. The van der Waals surface area contributed by atoms with Gasteiger partial charge in [-0.25, -0.2) is 0 Å². The van der Waals surface area contributed by atoms with Crippen LogP contribution in [0.2, 0.25) is 0 Å². The van der Waals surface area contributed by atoms with Gasteiger partial charge in [0.25, 0.3) is 0 Å². The highest BCUT2D eigenvalue weighted by Gasteiger charge is 2.33. The van der Waals surface area contributed by atoms with Crippen molar-refractivity contribution in [1.82, 2.24) is 0 Å². The van der Waals surface area contributed by atoms with Crippen LogP contribution in [0, 0.1) is 0 Å². The minimum Gasteiger partial charge on any atom is -0.504 e. The van der Waals surface area contributed by atoms with Crippen LogP contribution in [0.15, 0.2) is 24.3 Å². The third-order valence-electron chi connectivity index (χ3n) is 3.69. The van der Waals surface area contributed by atoms with Crippen LogP contribution < -0.4 is 9.47 Å². The molecule has 0 radical (unpaired) electrons. The lowest BCUT2D eigenvalue weighted by Crippen LogP contribution is -2.20. The van der Waals surface area contributed by atoms with Gasteiger partial charge in [0.2, 0.25) is 5.75 Å². The molecule has 0 amide bonds. The van der Waals surface area contributed by atoms with Crippen LogP contribution in [-0.4, -0.2) is 33.3 Å². The number of benzene rings is 2. The number of hydrogen-bond acceptors (Lipinski definition) is 7. The summed E-state index contributed by atoms with van der Waals surface area (Å²) < 4.78 is 10.5. The van der Waals surface area contributed by atoms with Crippen LogP contribution in [0.4, 0.5) is 0 Å². The molecule has 120 valence electrons. The van der Waals surface area contributed by atoms with Crippen molar-refractivity contribution >= 4 is 5.78 Å². The normalized spacial score (nSPS) is 16.6. The number of fused-ring (bicyclic) bond motifs is 1. The van der Waals surface area contributed by atoms with Gasteiger partial charge in [-0.1, -0.05) is 6.07 Å². The van der Waals surface area contributed by atoms with Crippen LogP contribution in [-0.2, 0) is 0 Å². The number of phenolic OH excluding ortho intramolecular Hbond substituents is 4. The van der Waals surface area contributed by atoms with Gasteiger partial charge in [0.05, 0.1) is 13.5 Å². The molecule has 7 nitrogen and oxygen atoms in total. The lowest BCUT2D eigenvalue weighted by atomic mass is 9.95. The molecule has 0 spiro atoms. The number of carbonyl (C=O) groups excluding carboxylic acids is 1. The van der Waals surface area contributed by atoms with Crippen LogP contribution >= 0.6 is 0 Å². The van der Waals surface area contributed by atoms with E-state index in [0.29, 0.717) is 5.56 Å². The summed E-state index contributed by atoms with van der Waals surface area (Å²) in [6, 6.07) is 5.29. The Kier molecular flexibility index (Phi) is 3.40. The third-order valence-corrected chi connectivity index (χ3v) is 3.69. The second-order valence-electron chi connectivity index (χ2n) is 5.13. The molecule has 0 saturated heterocycles. The van der Waals surface area contributed by atoms with E-state index in [0.717, 1.165) is 0 Å². The molecular weight excluding hydrogens is 304 g/mol. The Hall–Kier alpha value is -3.09. The Morgan fingerprint density at radius 2 is 1.83 bits per heavy atom. The molecule has 1 atom stereocenters. The van der Waals surface area contributed by atoms with Crippen LogP contribution in [0.25, 0.3) is 0 Å². The average molecular weight is 318 g/mol. The first-order chi connectivity index (χ1) is 10.9. The predicted octanol–water partition coefficient (Wildman–Crippen LogP) is 2.22. The van der Waals surface area contributed by atoms with Crippen molar-refractivity contribution in [3.8, 4) is 34.5 Å². The summed E-state index contributed by atoms with van der Waals surface area (Å²) in [5.74, 6) is -2.00. The fourth-order valence-corrected chi connectivity index (χ4v) is 2.57. The number of phenols is 4. The summed E-state index contributed by atoms with van der Waals surface area (Å²) in [5.41, 5.74) is 0.424. The SMILES string of the molecule is COc1c(O)cc2c(c1O)C(=O)C[C@@H](c1ccc(O)c(O)c1)O2. The number of ketones is 1. The van der Waals surface area contributed by atoms with Crippen molar-refractivity contribution in [3.05, 3.63) is 35.4 Å². The number of rotatable bonds is 2. The molecule has 7 heteroatoms. The van der Waals surface area contributed by atoms with Gasteiger partial charge in [-0.3, -0.25) is 4.79 Å². The molecule has 2 aromatic carbocycles. The van der Waals surface area contributed by atoms with E-state index >= 15 is 0 Å². The molecule has 1 heterocycles. The van der Waals surface area contributed by atoms with Crippen molar-refractivity contribution < 1.29 is 34.7 Å². The van der Waals surface area contributed by atoms with Crippen molar-refractivity contribution in [2.75, 3.05) is 7.11 Å². The Bertz CT molecular complexity index is 798. The maximum absolute atomic E-state index is 12.3. The van der Waals surface area contributed by atoms with Gasteiger partial charge in [-0.05, 0) is 17.7 Å². The van der Waals surface area contributed by atoms with Gasteiger partial charge in [-0.15, -0.1) is 0 Å². The number of ether oxygens (including phenoxy) is 2. The molecule has 23 heavy (non-hydrogen) atoms. The summed E-state index contributed by atoms with van der Waals surface area (Å²) in [6.45, 7) is 0. The van der Waals surface area contributed by atoms with E-state index in [-0.39, 0.29) is 46.5 Å². The summed E-state index contributed by atoms with van der Waals surface area (Å²) in [6.07, 6.45) is -0.785. The fourth-order valence-electron chi connectivity index (χ4n) is 2.57. The molecule has 0 saturated carbocycles. The minimum absolute atomic E-state index is 0.0228. The largest absolute Gasteiger partial charge is 0.504 e. The highest BCUT2D eigenvalue weighted by atomic mass is 16.5. The van der Waals surface area contributed by atoms with Gasteiger partial charge in [0, 0.05) is 6.07 Å². The van der Waals surface area contributed by atoms with Gasteiger partial charge in [-0.2, -0.15) is 0 Å². The van der Waals surface area contributed by atoms with E-state index < -0.39 is 11.9 Å². The first-order valence-electron chi connectivity index (χ1n) is 6.77. The predicted molar refractivity (Wildman–Crippen MR) is 78.4 cm³/mol. The van der Waals surface area contributed by atoms with E-state index in [1.807, 2.05) is 0 Å². The van der Waals surface area contributed by atoms with E-state index in [2.05, 4.69) is 0 Å². The molecule has 0 bridgehead atoms. The van der Waals surface area contributed by atoms with Crippen molar-refractivity contribution in [2.45, 2.75) is 12.5 Å². The number of carbonyl (C=O) groups is 1. The van der Waals surface area contributed by atoms with Crippen molar-refractivity contribution in [3.63, 3.8) is 0 Å². The summed E-state index contributed by atoms with van der Waals surface area (Å²) in [7, 11) is 1.26. The maximum Gasteiger partial charge on any atom is 0.203 e. The van der Waals surface area contributed by atoms with Crippen LogP contribution in [0.1, 0.15) is 28.4 Å². The highest BCUT2D eigenvalue weighted by Crippen LogP contribution is 2.48. The zero-order chi connectivity index (χ0) is 16.7. The summed E-state index contributed by atoms with van der Waals surface area (Å²) in [5, 5.41) is 38.8. The monoisotopic (exact) mass is 318 g/mol. The van der Waals surface area contributed by atoms with Crippen LogP contribution in [0.5, 0.6) is 34.5 Å². The first-order valence-corrected chi connectivity index (χ1v) is 6.77. The topological polar surface area (TPSA) is 116 Å². The highest BCUT2D eigenvalue weighted by molar-refractivity contribution is 6.03. The van der Waals surface area contributed by atoms with E-state index in [9.17, 15) is 25.2 Å². The molecule has 1 aliphatic heterocycles. The molecule has 0 fully saturated rings. The molecule has 1 aliphatic rings. The number of hydrogen-bond donors (Lipinski definition) is 4. The van der Waals surface area contributed by atoms with E-state index in [1.165, 1.54) is 31.4 Å². The fraction of sp³-hybridized carbons (Fsp3) is 0.188. The van der Waals surface area contributed by atoms with E-state index in [4.69, 9.17) is 9.47 Å². The Morgan fingerprint density at radius 1 is 1.09 bits per heavy atom. The number of aromatic hydroxyl groups is 4. The molecule has 0 unspecified atom stereocenters. The number of Topliss-reactive ketones (excluding diaryl/α,β-unsaturated/α-hetero) is 1. The van der Waals surface area contributed by atoms with E-state index in [1.54, 1.807) is 0 Å². The molecule has 2 aromatic rings. The smallest absolute Gasteiger partial charge is 0.203 e. The van der Waals surface area contributed by atoms with Gasteiger partial charge in [0.1, 0.15) is 17.4 Å². The average Bonchev–Trinajstić information content (AvgIpc) is 2.49. The van der Waals surface area contributed by atoms with Gasteiger partial charge in [0.15, 0.2) is 28.8 Å². The summed E-state index contributed by atoms with van der Waals surface area (Å²) >= 11 is 0. The lowest BCUT2D eigenvalue weighted by molar-refractivity contribution is 0.0843. The second-order valence-corrected chi connectivity index (χ2v) is 5.13. The van der Waals surface area contributed by atoms with Gasteiger partial charge >= 0.3 is 0 Å². The van der Waals surface area contributed by atoms with Crippen molar-refractivity contribution in [1.29, 1.82) is 0 Å². The quantitative estimate of drug-likeness (QED) is 0.627. The molecule has 3 rings (SSSR count). The minimum atomic E-state index is -0.714. The second kappa shape index (κ2) is 5.28. The lowest BCUT2D eigenvalue weighted by Gasteiger charge is -2.27.